The summed E-state index contributed by atoms with van der Waals surface area (Å²) in [6.45, 7) is 0. The minimum Gasteiger partial charge on any atom is -0.403 e. The number of pyridine rings is 4. The van der Waals surface area contributed by atoms with E-state index in [0.29, 0.717) is 0 Å². The van der Waals surface area contributed by atoms with Gasteiger partial charge in [0.1, 0.15) is 11.0 Å². The lowest BCUT2D eigenvalue weighted by Gasteiger charge is -2.13. The second-order valence-electron chi connectivity index (χ2n) is 11.4. The van der Waals surface area contributed by atoms with Gasteiger partial charge in [0, 0.05) is 56.8 Å². The molecule has 0 saturated heterocycles. The highest BCUT2D eigenvalue weighted by atomic mass is 28.4. The van der Waals surface area contributed by atoms with E-state index in [1.807, 2.05) is 24.5 Å². The van der Waals surface area contributed by atoms with Crippen molar-refractivity contribution >= 4 is 74.0 Å². The van der Waals surface area contributed by atoms with Crippen molar-refractivity contribution in [1.82, 2.24) is 9.97 Å². The number of benzene rings is 5. The predicted octanol–water partition coefficient (Wildman–Crippen LogP) is 7.27. The maximum absolute atomic E-state index is 7.49. The van der Waals surface area contributed by atoms with Crippen LogP contribution < -0.4 is 17.3 Å². The van der Waals surface area contributed by atoms with E-state index in [9.17, 15) is 0 Å². The molecule has 45 heavy (non-hydrogen) atoms. The Morgan fingerprint density at radius 3 is 1.33 bits per heavy atom. The van der Waals surface area contributed by atoms with Gasteiger partial charge in [-0.15, -0.1) is 8.47 Å². The van der Waals surface area contributed by atoms with Gasteiger partial charge in [-0.2, -0.15) is 0 Å². The Hall–Kier alpha value is -5.92. The number of aromatic nitrogens is 4. The molecule has 5 aromatic carbocycles. The van der Waals surface area contributed by atoms with Crippen molar-refractivity contribution in [3.8, 4) is 11.5 Å². The molecule has 0 bridgehead atoms. The fourth-order valence-corrected chi connectivity index (χ4v) is 10.2. The van der Waals surface area contributed by atoms with Gasteiger partial charge in [0.15, 0.2) is 23.9 Å². The van der Waals surface area contributed by atoms with Gasteiger partial charge < -0.3 is 8.85 Å². The molecule has 0 N–H and O–H groups in total. The zero-order chi connectivity index (χ0) is 29.5. The first-order valence-electron chi connectivity index (χ1n) is 15.0. The summed E-state index contributed by atoms with van der Waals surface area (Å²) in [4.78, 5) is 9.79. The third-order valence-electron chi connectivity index (χ3n) is 8.98. The van der Waals surface area contributed by atoms with Crippen LogP contribution in [0.2, 0.25) is 0 Å². The van der Waals surface area contributed by atoms with Gasteiger partial charge in [-0.25, -0.2) is 9.97 Å². The Balaban J connectivity index is 1.41. The number of nitrogens with zero attached hydrogens (tertiary/aromatic N) is 4. The molecule has 9 aromatic rings. The first kappa shape index (κ1) is 24.5. The first-order valence-corrected chi connectivity index (χ1v) is 16.7. The van der Waals surface area contributed by atoms with Crippen LogP contribution in [0.5, 0.6) is 11.5 Å². The summed E-state index contributed by atoms with van der Waals surface area (Å²) in [6.07, 6.45) is 7.87. The van der Waals surface area contributed by atoms with Crippen molar-refractivity contribution < 1.29 is 17.3 Å². The summed E-state index contributed by atoms with van der Waals surface area (Å²) in [6, 6.07) is 41.9. The van der Waals surface area contributed by atoms with Gasteiger partial charge in [0.05, 0.1) is 0 Å². The van der Waals surface area contributed by atoms with E-state index in [1.165, 1.54) is 0 Å². The van der Waals surface area contributed by atoms with Gasteiger partial charge in [-0.3, -0.25) is 0 Å². The average Bonchev–Trinajstić information content (AvgIpc) is 3.53. The summed E-state index contributed by atoms with van der Waals surface area (Å²) in [5, 5.41) is 8.51. The molecule has 210 valence electrons. The monoisotopic (exact) mass is 596 g/mol. The largest absolute Gasteiger partial charge is 1.19 e. The lowest BCUT2D eigenvalue weighted by Crippen LogP contribution is -2.87. The molecule has 0 atom stereocenters. The molecule has 4 aromatic heterocycles. The predicted molar refractivity (Wildman–Crippen MR) is 178 cm³/mol. The summed E-state index contributed by atoms with van der Waals surface area (Å²) in [7, 11) is -3.73. The molecule has 6 nitrogen and oxygen atoms in total. The van der Waals surface area contributed by atoms with Crippen LogP contribution in [-0.2, 0) is 0 Å². The Morgan fingerprint density at radius 1 is 0.422 bits per heavy atom. The second kappa shape index (κ2) is 9.04. The molecule has 0 aliphatic carbocycles. The summed E-state index contributed by atoms with van der Waals surface area (Å²) < 4.78 is 19.4. The van der Waals surface area contributed by atoms with Gasteiger partial charge in [-0.05, 0) is 47.2 Å². The highest BCUT2D eigenvalue weighted by Gasteiger charge is 2.83. The molecule has 0 saturated carbocycles. The Labute approximate surface area is 258 Å². The van der Waals surface area contributed by atoms with Crippen molar-refractivity contribution in [1.29, 1.82) is 0 Å². The minimum absolute atomic E-state index is 0.756. The number of rotatable bonds is 2. The van der Waals surface area contributed by atoms with Crippen LogP contribution in [0.1, 0.15) is 0 Å². The van der Waals surface area contributed by atoms with Gasteiger partial charge in [0.25, 0.3) is 0 Å². The normalized spacial score (nSPS) is 13.9. The molecule has 0 unspecified atom stereocenters. The zero-order valence-corrected chi connectivity index (χ0v) is 25.0. The van der Waals surface area contributed by atoms with E-state index in [4.69, 9.17) is 18.8 Å². The Morgan fingerprint density at radius 2 is 0.844 bits per heavy atom. The molecule has 0 amide bonds. The quantitative estimate of drug-likeness (QED) is 0.156. The van der Waals surface area contributed by atoms with Crippen molar-refractivity contribution in [2.24, 2.45) is 0 Å². The molecule has 0 fully saturated rings. The molecule has 0 spiro atoms. The molecule has 5 heterocycles. The lowest BCUT2D eigenvalue weighted by atomic mass is 10.0. The average molecular weight is 597 g/mol. The number of hydrogen-bond acceptors (Lipinski definition) is 4. The molecular weight excluding hydrogens is 573 g/mol. The van der Waals surface area contributed by atoms with E-state index >= 15 is 0 Å². The Kier molecular flexibility index (Phi) is 4.93. The molecule has 10 rings (SSSR count). The van der Waals surface area contributed by atoms with Crippen molar-refractivity contribution in [2.45, 2.75) is 0 Å². The zero-order valence-electron chi connectivity index (χ0n) is 24.0. The molecular formula is C38H24N4O2Si+2. The van der Waals surface area contributed by atoms with Gasteiger partial charge >= 0.3 is 8.88 Å². The maximum atomic E-state index is 7.49. The van der Waals surface area contributed by atoms with Gasteiger partial charge in [0.2, 0.25) is 11.0 Å². The molecule has 7 heteroatoms. The highest BCUT2D eigenvalue weighted by Crippen LogP contribution is 2.48. The van der Waals surface area contributed by atoms with Crippen molar-refractivity contribution in [3.05, 3.63) is 146 Å². The van der Waals surface area contributed by atoms with Crippen LogP contribution in [-0.4, -0.2) is 18.9 Å². The summed E-state index contributed by atoms with van der Waals surface area (Å²) in [5.74, 6) is 1.51. The van der Waals surface area contributed by atoms with Crippen LogP contribution in [0.4, 0.5) is 0 Å². The molecule has 1 aliphatic heterocycles. The van der Waals surface area contributed by atoms with Crippen molar-refractivity contribution in [2.75, 3.05) is 0 Å². The molecule has 1 aliphatic rings. The van der Waals surface area contributed by atoms with E-state index in [1.54, 1.807) is 0 Å². The SMILES string of the molecule is c1cnc2c(c1)ccc1ccc[n+]([Si]3([n+]4cccc5ccc6cccnc6c54)Oc4c(c5ccccc5c5ccccc45)O3)c12. The van der Waals surface area contributed by atoms with Crippen LogP contribution in [0.3, 0.4) is 0 Å². The minimum atomic E-state index is -3.73. The second-order valence-corrected chi connectivity index (χ2v) is 13.9. The number of fused-ring (bicyclic) bond motifs is 12. The summed E-state index contributed by atoms with van der Waals surface area (Å²) in [5.41, 5.74) is 3.70. The van der Waals surface area contributed by atoms with E-state index in [0.717, 1.165) is 76.7 Å². The van der Waals surface area contributed by atoms with Crippen LogP contribution in [0.25, 0.3) is 65.2 Å². The van der Waals surface area contributed by atoms with Crippen LogP contribution in [0, 0.1) is 0 Å². The summed E-state index contributed by atoms with van der Waals surface area (Å²) >= 11 is 0. The van der Waals surface area contributed by atoms with E-state index in [2.05, 4.69) is 130 Å². The third kappa shape index (κ3) is 3.33. The van der Waals surface area contributed by atoms with Crippen LogP contribution in [0.15, 0.2) is 146 Å². The standard InChI is InChI=1S/C38H24N4O2Si/c1-3-15-31-29(13-1)30-14-2-4-16-32(30)38-37(31)43-45(44-38,41-23-7-11-27-19-17-25-9-5-21-39-33(25)35(27)41)42-24-8-12-28-20-18-26-10-6-22-40-34(26)36(28)42/h1-24H/q+2. The highest BCUT2D eigenvalue weighted by molar-refractivity contribution is 6.54. The van der Waals surface area contributed by atoms with E-state index in [-0.39, 0.29) is 0 Å². The fraction of sp³-hybridized carbons (Fsp3) is 0. The van der Waals surface area contributed by atoms with Crippen molar-refractivity contribution in [3.63, 3.8) is 0 Å². The number of hydrogen-bond donors (Lipinski definition) is 0. The van der Waals surface area contributed by atoms with Crippen LogP contribution >= 0.6 is 0 Å². The van der Waals surface area contributed by atoms with Gasteiger partial charge in [-0.1, -0.05) is 72.8 Å². The first-order chi connectivity index (χ1) is 22.3. The molecule has 0 radical (unpaired) electrons. The lowest BCUT2D eigenvalue weighted by molar-refractivity contribution is -0.692. The topological polar surface area (TPSA) is 52.0 Å². The smallest absolute Gasteiger partial charge is 0.403 e. The van der Waals surface area contributed by atoms with E-state index < -0.39 is 8.88 Å². The third-order valence-corrected chi connectivity index (χ3v) is 11.9. The fourth-order valence-electron chi connectivity index (χ4n) is 7.03. The maximum Gasteiger partial charge on any atom is 1.19 e. The Bertz CT molecular complexity index is 2510.